The highest BCUT2D eigenvalue weighted by atomic mass is 16.5. The first-order valence-corrected chi connectivity index (χ1v) is 16.8. The minimum Gasteiger partial charge on any atom is -0.487 e. The summed E-state index contributed by atoms with van der Waals surface area (Å²) < 4.78 is 27.0. The first kappa shape index (κ1) is 34.2. The van der Waals surface area contributed by atoms with Gasteiger partial charge < -0.3 is 24.3 Å². The standard InChI is InChI=1S/C34H45N11O4/c1-24(19-44-23-38-41-42-44)49-31-15-25(5-6-26(31)16-35)27-17-36-33(37-18-27)39-30-20-45(40-32(30)48-22-34(2,3)21-46-4)29-9-7-28(8-10-29)43-11-13-47-14-12-43/h5-6,15,17-18,20,23-24,28-29H,7-14,19,21-22H2,1-4H3,(H,36,37,39)/t24-,28-,29-/m0/s1. The SMILES string of the molecule is COCC(C)(C)COc1nn([C@H]2CC[C@H](N3CCOCC3)CC2)cc1Nc1ncc(-c2ccc(C#N)c(O[C@@H](C)Cn3cnnn3)c2)cn1. The van der Waals surface area contributed by atoms with Crippen molar-refractivity contribution >= 4 is 11.6 Å². The van der Waals surface area contributed by atoms with Gasteiger partial charge in [0.1, 0.15) is 29.9 Å². The third-order valence-corrected chi connectivity index (χ3v) is 8.93. The lowest BCUT2D eigenvalue weighted by molar-refractivity contribution is 0.00499. The molecular formula is C34H45N11O4. The minimum atomic E-state index is -0.272. The van der Waals surface area contributed by atoms with E-state index in [0.717, 1.165) is 63.1 Å². The number of hydrogen-bond donors (Lipinski definition) is 1. The van der Waals surface area contributed by atoms with Gasteiger partial charge >= 0.3 is 0 Å². The van der Waals surface area contributed by atoms with Crippen LogP contribution < -0.4 is 14.8 Å². The fourth-order valence-electron chi connectivity index (χ4n) is 6.42. The zero-order chi connectivity index (χ0) is 34.2. The van der Waals surface area contributed by atoms with E-state index in [1.54, 1.807) is 30.3 Å². The minimum absolute atomic E-state index is 0.195. The Labute approximate surface area is 286 Å². The lowest BCUT2D eigenvalue weighted by Crippen LogP contribution is -2.45. The Kier molecular flexibility index (Phi) is 11.0. The number of nitriles is 1. The number of hydrogen-bond acceptors (Lipinski definition) is 13. The molecule has 1 aromatic carbocycles. The second-order valence-electron chi connectivity index (χ2n) is 13.5. The van der Waals surface area contributed by atoms with Gasteiger partial charge in [0.2, 0.25) is 5.95 Å². The number of aromatic nitrogens is 8. The second-order valence-corrected chi connectivity index (χ2v) is 13.5. The molecule has 0 radical (unpaired) electrons. The van der Waals surface area contributed by atoms with Crippen molar-refractivity contribution in [1.82, 2.24) is 44.9 Å². The Hall–Kier alpha value is -4.65. The highest BCUT2D eigenvalue weighted by Crippen LogP contribution is 2.35. The molecule has 1 atom stereocenters. The van der Waals surface area contributed by atoms with E-state index >= 15 is 0 Å². The number of nitrogens with one attached hydrogen (secondary N) is 1. The first-order chi connectivity index (χ1) is 23.8. The molecule has 4 heterocycles. The molecule has 49 heavy (non-hydrogen) atoms. The maximum absolute atomic E-state index is 9.68. The van der Waals surface area contributed by atoms with Gasteiger partial charge in [-0.2, -0.15) is 5.26 Å². The van der Waals surface area contributed by atoms with Crippen molar-refractivity contribution in [3.63, 3.8) is 0 Å². The van der Waals surface area contributed by atoms with E-state index in [2.05, 4.69) is 55.6 Å². The zero-order valence-corrected chi connectivity index (χ0v) is 28.7. The lowest BCUT2D eigenvalue weighted by atomic mass is 9.90. The molecule has 3 aromatic heterocycles. The van der Waals surface area contributed by atoms with E-state index in [9.17, 15) is 5.26 Å². The van der Waals surface area contributed by atoms with Crippen LogP contribution in [-0.4, -0.2) is 104 Å². The van der Waals surface area contributed by atoms with Crippen LogP contribution >= 0.6 is 0 Å². The first-order valence-electron chi connectivity index (χ1n) is 16.8. The Morgan fingerprint density at radius 2 is 1.82 bits per heavy atom. The quantitative estimate of drug-likeness (QED) is 0.202. The molecular weight excluding hydrogens is 626 g/mol. The van der Waals surface area contributed by atoms with Gasteiger partial charge in [0, 0.05) is 49.6 Å². The monoisotopic (exact) mass is 671 g/mol. The molecule has 6 rings (SSSR count). The van der Waals surface area contributed by atoms with E-state index in [0.29, 0.717) is 54.6 Å². The summed E-state index contributed by atoms with van der Waals surface area (Å²) in [5.74, 6) is 1.39. The van der Waals surface area contributed by atoms with Crippen LogP contribution in [0.25, 0.3) is 11.1 Å². The number of nitrogens with zero attached hydrogens (tertiary/aromatic N) is 10. The van der Waals surface area contributed by atoms with Crippen molar-refractivity contribution in [3.8, 4) is 28.8 Å². The highest BCUT2D eigenvalue weighted by Gasteiger charge is 2.29. The molecule has 15 nitrogen and oxygen atoms in total. The Morgan fingerprint density at radius 1 is 1.06 bits per heavy atom. The summed E-state index contributed by atoms with van der Waals surface area (Å²) in [4.78, 5) is 11.8. The summed E-state index contributed by atoms with van der Waals surface area (Å²) in [6.07, 6.45) is 11.1. The van der Waals surface area contributed by atoms with Crippen molar-refractivity contribution in [3.05, 3.63) is 48.7 Å². The highest BCUT2D eigenvalue weighted by molar-refractivity contribution is 5.67. The van der Waals surface area contributed by atoms with Gasteiger partial charge in [-0.25, -0.2) is 14.6 Å². The van der Waals surface area contributed by atoms with E-state index in [1.165, 1.54) is 6.33 Å². The molecule has 0 bridgehead atoms. The van der Waals surface area contributed by atoms with E-state index < -0.39 is 0 Å². The van der Waals surface area contributed by atoms with Gasteiger partial charge in [-0.15, -0.1) is 10.2 Å². The Bertz CT molecular complexity index is 1670. The maximum atomic E-state index is 9.68. The van der Waals surface area contributed by atoms with Gasteiger partial charge in [0.15, 0.2) is 0 Å². The Morgan fingerprint density at radius 3 is 2.51 bits per heavy atom. The zero-order valence-electron chi connectivity index (χ0n) is 28.7. The van der Waals surface area contributed by atoms with Crippen molar-refractivity contribution < 1.29 is 18.9 Å². The third kappa shape index (κ3) is 8.88. The number of tetrazole rings is 1. The Balaban J connectivity index is 1.16. The molecule has 0 unspecified atom stereocenters. The van der Waals surface area contributed by atoms with Gasteiger partial charge in [0.05, 0.1) is 50.8 Å². The molecule has 260 valence electrons. The lowest BCUT2D eigenvalue weighted by Gasteiger charge is -2.38. The smallest absolute Gasteiger partial charge is 0.256 e. The predicted molar refractivity (Wildman–Crippen MR) is 180 cm³/mol. The molecule has 2 fully saturated rings. The second kappa shape index (κ2) is 15.7. The fourth-order valence-corrected chi connectivity index (χ4v) is 6.42. The summed E-state index contributed by atoms with van der Waals surface area (Å²) in [6, 6.07) is 8.51. The van der Waals surface area contributed by atoms with Crippen LogP contribution in [0.5, 0.6) is 11.6 Å². The largest absolute Gasteiger partial charge is 0.487 e. The van der Waals surface area contributed by atoms with Crippen LogP contribution in [0.4, 0.5) is 11.6 Å². The van der Waals surface area contributed by atoms with Crippen LogP contribution in [0.15, 0.2) is 43.1 Å². The molecule has 1 saturated carbocycles. The van der Waals surface area contributed by atoms with Crippen molar-refractivity contribution in [2.45, 2.75) is 71.2 Å². The number of benzene rings is 1. The number of rotatable bonds is 14. The topological polar surface area (TPSA) is 163 Å². The number of morpholine rings is 1. The normalized spacial score (nSPS) is 19.2. The average Bonchev–Trinajstić information content (AvgIpc) is 3.78. The van der Waals surface area contributed by atoms with Crippen LogP contribution in [0.2, 0.25) is 0 Å². The molecule has 4 aromatic rings. The number of methoxy groups -OCH3 is 1. The van der Waals surface area contributed by atoms with Crippen molar-refractivity contribution in [2.75, 3.05) is 51.9 Å². The third-order valence-electron chi connectivity index (χ3n) is 8.93. The number of ether oxygens (including phenoxy) is 4. The van der Waals surface area contributed by atoms with Gasteiger partial charge in [-0.05, 0) is 60.7 Å². The van der Waals surface area contributed by atoms with E-state index in [-0.39, 0.29) is 17.6 Å². The fraction of sp³-hybridized carbons (Fsp3) is 0.559. The van der Waals surface area contributed by atoms with E-state index in [1.807, 2.05) is 29.9 Å². The average molecular weight is 672 g/mol. The summed E-state index contributed by atoms with van der Waals surface area (Å²) in [7, 11) is 1.70. The summed E-state index contributed by atoms with van der Waals surface area (Å²) in [6.45, 7) is 11.2. The predicted octanol–water partition coefficient (Wildman–Crippen LogP) is 4.28. The molecule has 1 aliphatic carbocycles. The van der Waals surface area contributed by atoms with E-state index in [4.69, 9.17) is 24.0 Å². The molecule has 2 aliphatic rings. The van der Waals surface area contributed by atoms with Gasteiger partial charge in [-0.1, -0.05) is 19.9 Å². The molecule has 15 heteroatoms. The summed E-state index contributed by atoms with van der Waals surface area (Å²) in [5, 5.41) is 29.1. The van der Waals surface area contributed by atoms with Crippen LogP contribution in [0, 0.1) is 16.7 Å². The van der Waals surface area contributed by atoms with Gasteiger partial charge in [0.25, 0.3) is 5.88 Å². The van der Waals surface area contributed by atoms with Crippen molar-refractivity contribution in [2.24, 2.45) is 5.41 Å². The molecule has 1 saturated heterocycles. The van der Waals surface area contributed by atoms with Crippen molar-refractivity contribution in [1.29, 1.82) is 5.26 Å². The summed E-state index contributed by atoms with van der Waals surface area (Å²) in [5.41, 5.74) is 2.54. The van der Waals surface area contributed by atoms with Crippen LogP contribution in [0.1, 0.15) is 58.1 Å². The van der Waals surface area contributed by atoms with Crippen LogP contribution in [0.3, 0.4) is 0 Å². The number of anilines is 2. The molecule has 0 amide bonds. The molecule has 1 N–H and O–H groups in total. The molecule has 0 spiro atoms. The van der Waals surface area contributed by atoms with Gasteiger partial charge in [-0.3, -0.25) is 9.58 Å². The summed E-state index contributed by atoms with van der Waals surface area (Å²) >= 11 is 0. The maximum Gasteiger partial charge on any atom is 0.256 e. The molecule has 1 aliphatic heterocycles. The van der Waals surface area contributed by atoms with Crippen LogP contribution in [-0.2, 0) is 16.0 Å².